The molecule has 0 radical (unpaired) electrons. The van der Waals surface area contributed by atoms with E-state index in [1.54, 1.807) is 11.8 Å². The minimum atomic E-state index is -1.55. The van der Waals surface area contributed by atoms with E-state index in [1.165, 1.54) is 6.92 Å². The Balaban J connectivity index is 4.31. The number of carboxylic acids is 1. The molecule has 0 bridgehead atoms. The van der Waals surface area contributed by atoms with Crippen molar-refractivity contribution in [3.05, 3.63) is 0 Å². The van der Waals surface area contributed by atoms with Crippen molar-refractivity contribution in [2.24, 2.45) is 0 Å². The zero-order valence-electron chi connectivity index (χ0n) is 13.0. The van der Waals surface area contributed by atoms with Gasteiger partial charge in [0, 0.05) is 19.6 Å². The van der Waals surface area contributed by atoms with Crippen molar-refractivity contribution in [1.29, 1.82) is 0 Å². The van der Waals surface area contributed by atoms with Crippen molar-refractivity contribution < 1.29 is 24.6 Å². The number of urea groups is 1. The summed E-state index contributed by atoms with van der Waals surface area (Å²) < 4.78 is 0. The van der Waals surface area contributed by atoms with Crippen LogP contribution in [-0.4, -0.2) is 64.3 Å². The predicted octanol–water partition coefficient (Wildman–Crippen LogP) is -0.232. The van der Waals surface area contributed by atoms with Crippen LogP contribution in [0.2, 0.25) is 0 Å². The van der Waals surface area contributed by atoms with Gasteiger partial charge in [-0.1, -0.05) is 0 Å². The van der Waals surface area contributed by atoms with Gasteiger partial charge in [0.25, 0.3) is 0 Å². The first-order valence-electron chi connectivity index (χ1n) is 6.90. The fourth-order valence-corrected chi connectivity index (χ4v) is 1.78. The summed E-state index contributed by atoms with van der Waals surface area (Å²) in [6, 6.07) is -1.33. The molecule has 122 valence electrons. The van der Waals surface area contributed by atoms with Crippen molar-refractivity contribution in [2.45, 2.75) is 45.8 Å². The standard InChI is InChI=1S/C13H25N3O5/c1-5-16(6-2)11(19)9(3)15-12(20)14-8-13(4,21)7-10(17)18/h9,21H,5-8H2,1-4H3,(H,17,18)(H2,14,15,20). The van der Waals surface area contributed by atoms with Gasteiger partial charge in [-0.05, 0) is 27.7 Å². The van der Waals surface area contributed by atoms with E-state index in [9.17, 15) is 19.5 Å². The van der Waals surface area contributed by atoms with Crippen LogP contribution in [-0.2, 0) is 9.59 Å². The van der Waals surface area contributed by atoms with Crippen molar-refractivity contribution in [1.82, 2.24) is 15.5 Å². The van der Waals surface area contributed by atoms with Gasteiger partial charge in [-0.3, -0.25) is 9.59 Å². The number of hydrogen-bond acceptors (Lipinski definition) is 4. The third kappa shape index (κ3) is 7.50. The molecule has 0 aliphatic rings. The minimum absolute atomic E-state index is 0.201. The van der Waals surface area contributed by atoms with Gasteiger partial charge in [-0.25, -0.2) is 4.79 Å². The largest absolute Gasteiger partial charge is 0.481 e. The highest BCUT2D eigenvalue weighted by molar-refractivity contribution is 5.86. The van der Waals surface area contributed by atoms with E-state index in [0.29, 0.717) is 13.1 Å². The first-order valence-corrected chi connectivity index (χ1v) is 6.90. The molecule has 8 nitrogen and oxygen atoms in total. The average molecular weight is 303 g/mol. The molecule has 0 aliphatic heterocycles. The molecule has 0 aliphatic carbocycles. The fraction of sp³-hybridized carbons (Fsp3) is 0.769. The maximum atomic E-state index is 11.9. The number of hydrogen-bond donors (Lipinski definition) is 4. The lowest BCUT2D eigenvalue weighted by Crippen LogP contribution is -2.52. The Bertz CT molecular complexity index is 380. The van der Waals surface area contributed by atoms with Crippen LogP contribution >= 0.6 is 0 Å². The zero-order chi connectivity index (χ0) is 16.6. The highest BCUT2D eigenvalue weighted by Gasteiger charge is 2.26. The zero-order valence-corrected chi connectivity index (χ0v) is 13.0. The number of nitrogens with one attached hydrogen (secondary N) is 2. The summed E-state index contributed by atoms with van der Waals surface area (Å²) in [6.45, 7) is 7.44. The van der Waals surface area contributed by atoms with Crippen LogP contribution < -0.4 is 10.6 Å². The highest BCUT2D eigenvalue weighted by Crippen LogP contribution is 2.07. The number of likely N-dealkylation sites (N-methyl/N-ethyl adjacent to an activating group) is 1. The fourth-order valence-electron chi connectivity index (χ4n) is 1.78. The van der Waals surface area contributed by atoms with Crippen LogP contribution in [0.25, 0.3) is 0 Å². The summed E-state index contributed by atoms with van der Waals surface area (Å²) >= 11 is 0. The van der Waals surface area contributed by atoms with Gasteiger partial charge in [-0.2, -0.15) is 0 Å². The second kappa shape index (κ2) is 8.46. The molecule has 4 N–H and O–H groups in total. The van der Waals surface area contributed by atoms with E-state index in [-0.39, 0.29) is 12.5 Å². The van der Waals surface area contributed by atoms with Crippen molar-refractivity contribution >= 4 is 17.9 Å². The van der Waals surface area contributed by atoms with Gasteiger partial charge in [0.05, 0.1) is 12.0 Å². The van der Waals surface area contributed by atoms with Crippen molar-refractivity contribution in [3.63, 3.8) is 0 Å². The third-order valence-corrected chi connectivity index (χ3v) is 2.95. The van der Waals surface area contributed by atoms with Gasteiger partial charge in [0.15, 0.2) is 0 Å². The van der Waals surface area contributed by atoms with Crippen LogP contribution in [0.5, 0.6) is 0 Å². The van der Waals surface area contributed by atoms with Gasteiger partial charge in [-0.15, -0.1) is 0 Å². The van der Waals surface area contributed by atoms with Gasteiger partial charge < -0.3 is 25.7 Å². The Labute approximate surface area is 124 Å². The molecule has 0 aromatic carbocycles. The molecule has 21 heavy (non-hydrogen) atoms. The average Bonchev–Trinajstić information content (AvgIpc) is 2.36. The number of carboxylic acid groups (broad SMARTS) is 1. The molecule has 2 unspecified atom stereocenters. The van der Waals surface area contributed by atoms with E-state index >= 15 is 0 Å². The Morgan fingerprint density at radius 3 is 2.19 bits per heavy atom. The first-order chi connectivity index (χ1) is 9.62. The Hall–Kier alpha value is -1.83. The SMILES string of the molecule is CCN(CC)C(=O)C(C)NC(=O)NCC(C)(O)CC(=O)O. The van der Waals surface area contributed by atoms with Crippen LogP contribution in [0.15, 0.2) is 0 Å². The molecule has 0 aromatic heterocycles. The highest BCUT2D eigenvalue weighted by atomic mass is 16.4. The van der Waals surface area contributed by atoms with E-state index in [2.05, 4.69) is 10.6 Å². The molecule has 0 spiro atoms. The van der Waals surface area contributed by atoms with Crippen LogP contribution in [0.3, 0.4) is 0 Å². The molecule has 2 atom stereocenters. The molecule has 3 amide bonds. The van der Waals surface area contributed by atoms with E-state index in [0.717, 1.165) is 0 Å². The van der Waals surface area contributed by atoms with Crippen molar-refractivity contribution in [3.8, 4) is 0 Å². The third-order valence-electron chi connectivity index (χ3n) is 2.95. The smallest absolute Gasteiger partial charge is 0.315 e. The van der Waals surface area contributed by atoms with Gasteiger partial charge in [0.2, 0.25) is 5.91 Å². The summed E-state index contributed by atoms with van der Waals surface area (Å²) in [7, 11) is 0. The molecule has 0 aromatic rings. The maximum Gasteiger partial charge on any atom is 0.315 e. The van der Waals surface area contributed by atoms with Crippen LogP contribution in [0.4, 0.5) is 4.79 Å². The topological polar surface area (TPSA) is 119 Å². The lowest BCUT2D eigenvalue weighted by Gasteiger charge is -2.25. The molecule has 0 heterocycles. The Morgan fingerprint density at radius 1 is 1.24 bits per heavy atom. The molecule has 8 heteroatoms. The van der Waals surface area contributed by atoms with E-state index < -0.39 is 30.1 Å². The van der Waals surface area contributed by atoms with Gasteiger partial charge >= 0.3 is 12.0 Å². The first kappa shape index (κ1) is 19.2. The summed E-state index contributed by atoms with van der Waals surface area (Å²) in [6.07, 6.45) is -0.485. The Morgan fingerprint density at radius 2 is 1.76 bits per heavy atom. The molecule has 0 fully saturated rings. The molecule has 0 rings (SSSR count). The lowest BCUT2D eigenvalue weighted by atomic mass is 10.0. The number of aliphatic carboxylic acids is 1. The molecule has 0 saturated carbocycles. The lowest BCUT2D eigenvalue weighted by molar-refractivity contribution is -0.141. The second-order valence-corrected chi connectivity index (χ2v) is 5.13. The summed E-state index contributed by atoms with van der Waals surface area (Å²) in [5.41, 5.74) is -1.55. The molecular weight excluding hydrogens is 278 g/mol. The van der Waals surface area contributed by atoms with E-state index in [1.807, 2.05) is 13.8 Å². The number of rotatable bonds is 8. The maximum absolute atomic E-state index is 11.9. The molecular formula is C13H25N3O5. The number of amides is 3. The normalized spacial score (nSPS) is 14.7. The number of nitrogens with zero attached hydrogens (tertiary/aromatic N) is 1. The van der Waals surface area contributed by atoms with Crippen LogP contribution in [0, 0.1) is 0 Å². The Kier molecular flexibility index (Phi) is 7.72. The summed E-state index contributed by atoms with van der Waals surface area (Å²) in [4.78, 5) is 35.7. The minimum Gasteiger partial charge on any atom is -0.481 e. The summed E-state index contributed by atoms with van der Waals surface area (Å²) in [5, 5.41) is 23.2. The van der Waals surface area contributed by atoms with Gasteiger partial charge in [0.1, 0.15) is 6.04 Å². The van der Waals surface area contributed by atoms with Crippen LogP contribution in [0.1, 0.15) is 34.1 Å². The quantitative estimate of drug-likeness (QED) is 0.494. The molecule has 0 saturated heterocycles. The predicted molar refractivity (Wildman–Crippen MR) is 76.8 cm³/mol. The second-order valence-electron chi connectivity index (χ2n) is 5.13. The summed E-state index contributed by atoms with van der Waals surface area (Å²) in [5.74, 6) is -1.36. The number of carbonyl (C=O) groups is 3. The van der Waals surface area contributed by atoms with Crippen molar-refractivity contribution in [2.75, 3.05) is 19.6 Å². The monoisotopic (exact) mass is 303 g/mol. The number of carbonyl (C=O) groups excluding carboxylic acids is 2. The van der Waals surface area contributed by atoms with E-state index in [4.69, 9.17) is 5.11 Å². The number of aliphatic hydroxyl groups is 1.